The minimum Gasteiger partial charge on any atom is -0.303 e. The van der Waals surface area contributed by atoms with Crippen LogP contribution in [0.2, 0.25) is 0 Å². The highest BCUT2D eigenvalue weighted by Gasteiger charge is 2.35. The van der Waals surface area contributed by atoms with Crippen molar-refractivity contribution in [3.05, 3.63) is 29.8 Å². The molecular weight excluding hydrogens is 300 g/mol. The summed E-state index contributed by atoms with van der Waals surface area (Å²) in [4.78, 5) is 23.1. The fourth-order valence-corrected chi connectivity index (χ4v) is 4.44. The Kier molecular flexibility index (Phi) is 6.94. The maximum absolute atomic E-state index is 12.8. The first-order valence-electron chi connectivity index (χ1n) is 7.58. The van der Waals surface area contributed by atoms with Crippen molar-refractivity contribution in [2.24, 2.45) is 5.92 Å². The Balaban J connectivity index is 3.20. The molecule has 0 spiro atoms. The van der Waals surface area contributed by atoms with Gasteiger partial charge in [0.15, 0.2) is 9.84 Å². The van der Waals surface area contributed by atoms with Crippen molar-refractivity contribution >= 4 is 21.9 Å². The summed E-state index contributed by atoms with van der Waals surface area (Å²) in [5.74, 6) is -0.862. The summed E-state index contributed by atoms with van der Waals surface area (Å²) in [6.45, 7) is 5.22. The number of aryl methyl sites for hydroxylation is 1. The Hall–Kier alpha value is -1.49. The molecule has 0 aliphatic carbocycles. The highest BCUT2D eigenvalue weighted by Crippen LogP contribution is 2.27. The normalized spacial score (nSPS) is 14.3. The predicted molar refractivity (Wildman–Crippen MR) is 86.5 cm³/mol. The van der Waals surface area contributed by atoms with Crippen LogP contribution >= 0.6 is 0 Å². The second kappa shape index (κ2) is 8.22. The molecule has 1 rings (SSSR count). The van der Waals surface area contributed by atoms with E-state index in [1.807, 2.05) is 13.8 Å². The molecule has 0 amide bonds. The third-order valence-electron chi connectivity index (χ3n) is 3.78. The van der Waals surface area contributed by atoms with Crippen molar-refractivity contribution < 1.29 is 18.0 Å². The SMILES string of the molecule is CCCC[C@@H](C=O)[C@H](CC(C)=O)S(=O)(=O)c1ccc(C)cc1. The Morgan fingerprint density at radius 1 is 1.23 bits per heavy atom. The Bertz CT molecular complexity index is 602. The van der Waals surface area contributed by atoms with Crippen molar-refractivity contribution in [2.75, 3.05) is 0 Å². The Morgan fingerprint density at radius 2 is 1.82 bits per heavy atom. The van der Waals surface area contributed by atoms with E-state index >= 15 is 0 Å². The molecule has 5 heteroatoms. The second-order valence-corrected chi connectivity index (χ2v) is 7.91. The number of unbranched alkanes of at least 4 members (excludes halogenated alkanes) is 1. The molecule has 0 fully saturated rings. The fraction of sp³-hybridized carbons (Fsp3) is 0.529. The van der Waals surface area contributed by atoms with E-state index in [0.29, 0.717) is 12.7 Å². The van der Waals surface area contributed by atoms with Crippen LogP contribution in [0, 0.1) is 12.8 Å². The summed E-state index contributed by atoms with van der Waals surface area (Å²) < 4.78 is 25.7. The van der Waals surface area contributed by atoms with Gasteiger partial charge in [0.1, 0.15) is 12.1 Å². The molecule has 0 N–H and O–H groups in total. The Labute approximate surface area is 132 Å². The van der Waals surface area contributed by atoms with E-state index < -0.39 is 21.0 Å². The zero-order valence-corrected chi connectivity index (χ0v) is 14.2. The van der Waals surface area contributed by atoms with Crippen LogP contribution in [-0.4, -0.2) is 25.7 Å². The summed E-state index contributed by atoms with van der Waals surface area (Å²) in [6.07, 6.45) is 2.70. The number of hydrogen-bond donors (Lipinski definition) is 0. The van der Waals surface area contributed by atoms with E-state index in [1.165, 1.54) is 6.92 Å². The smallest absolute Gasteiger partial charge is 0.182 e. The molecule has 0 aromatic heterocycles. The predicted octanol–water partition coefficient (Wildman–Crippen LogP) is 3.12. The van der Waals surface area contributed by atoms with Gasteiger partial charge in [-0.3, -0.25) is 4.79 Å². The lowest BCUT2D eigenvalue weighted by Gasteiger charge is -2.22. The number of carbonyl (C=O) groups excluding carboxylic acids is 2. The van der Waals surface area contributed by atoms with Crippen LogP contribution in [-0.2, 0) is 19.4 Å². The second-order valence-electron chi connectivity index (χ2n) is 5.74. The van der Waals surface area contributed by atoms with Gasteiger partial charge in [0.25, 0.3) is 0 Å². The molecule has 0 saturated carbocycles. The van der Waals surface area contributed by atoms with E-state index in [1.54, 1.807) is 24.3 Å². The molecule has 0 bridgehead atoms. The van der Waals surface area contributed by atoms with Gasteiger partial charge in [-0.2, -0.15) is 0 Å². The average Bonchev–Trinajstić information content (AvgIpc) is 2.46. The van der Waals surface area contributed by atoms with Gasteiger partial charge in [0.05, 0.1) is 10.1 Å². The van der Waals surface area contributed by atoms with Gasteiger partial charge in [-0.25, -0.2) is 8.42 Å². The zero-order valence-electron chi connectivity index (χ0n) is 13.4. The quantitative estimate of drug-likeness (QED) is 0.654. The van der Waals surface area contributed by atoms with Gasteiger partial charge in [-0.15, -0.1) is 0 Å². The van der Waals surface area contributed by atoms with Crippen molar-refractivity contribution in [3.8, 4) is 0 Å². The standard InChI is InChI=1S/C17H24O4S/c1-4-5-6-15(12-18)17(11-14(3)19)22(20,21)16-9-7-13(2)8-10-16/h7-10,12,15,17H,4-6,11H2,1-3H3/t15-,17-/m0/s1. The molecule has 0 aliphatic rings. The lowest BCUT2D eigenvalue weighted by atomic mass is 9.97. The monoisotopic (exact) mass is 324 g/mol. The molecule has 1 aromatic rings. The Morgan fingerprint density at radius 3 is 2.27 bits per heavy atom. The molecule has 22 heavy (non-hydrogen) atoms. The number of ketones is 1. The van der Waals surface area contributed by atoms with Gasteiger partial charge < -0.3 is 4.79 Å². The number of hydrogen-bond acceptors (Lipinski definition) is 4. The molecule has 0 aliphatic heterocycles. The zero-order chi connectivity index (χ0) is 16.8. The molecule has 4 nitrogen and oxygen atoms in total. The van der Waals surface area contributed by atoms with Crippen molar-refractivity contribution in [3.63, 3.8) is 0 Å². The van der Waals surface area contributed by atoms with Crippen molar-refractivity contribution in [1.29, 1.82) is 0 Å². The minimum absolute atomic E-state index is 0.122. The first kappa shape index (κ1) is 18.6. The van der Waals surface area contributed by atoms with Crippen LogP contribution in [0.1, 0.15) is 45.1 Å². The van der Waals surface area contributed by atoms with E-state index in [0.717, 1.165) is 18.4 Å². The summed E-state index contributed by atoms with van der Waals surface area (Å²) >= 11 is 0. The summed E-state index contributed by atoms with van der Waals surface area (Å²) in [6, 6.07) is 6.53. The summed E-state index contributed by atoms with van der Waals surface area (Å²) in [5, 5.41) is -0.975. The van der Waals surface area contributed by atoms with E-state index in [-0.39, 0.29) is 17.1 Å². The number of rotatable bonds is 9. The fourth-order valence-electron chi connectivity index (χ4n) is 2.46. The molecule has 122 valence electrons. The van der Waals surface area contributed by atoms with Crippen LogP contribution in [0.5, 0.6) is 0 Å². The van der Waals surface area contributed by atoms with E-state index in [4.69, 9.17) is 0 Å². The first-order valence-corrected chi connectivity index (χ1v) is 9.12. The van der Waals surface area contributed by atoms with Gasteiger partial charge in [-0.05, 0) is 32.4 Å². The molecule has 2 atom stereocenters. The van der Waals surface area contributed by atoms with Crippen LogP contribution in [0.15, 0.2) is 29.2 Å². The molecule has 0 saturated heterocycles. The molecule has 0 unspecified atom stereocenters. The van der Waals surface area contributed by atoms with Gasteiger partial charge in [0, 0.05) is 12.3 Å². The summed E-state index contributed by atoms with van der Waals surface area (Å²) in [5.41, 5.74) is 0.958. The molecule has 0 radical (unpaired) electrons. The number of carbonyl (C=O) groups is 2. The van der Waals surface area contributed by atoms with Crippen molar-refractivity contribution in [1.82, 2.24) is 0 Å². The lowest BCUT2D eigenvalue weighted by Crippen LogP contribution is -2.33. The lowest BCUT2D eigenvalue weighted by molar-refractivity contribution is -0.117. The van der Waals surface area contributed by atoms with E-state index in [9.17, 15) is 18.0 Å². The first-order chi connectivity index (χ1) is 10.3. The largest absolute Gasteiger partial charge is 0.303 e. The number of aldehydes is 1. The molecule has 0 heterocycles. The topological polar surface area (TPSA) is 68.3 Å². The molecule has 1 aromatic carbocycles. The minimum atomic E-state index is -3.71. The van der Waals surface area contributed by atoms with Gasteiger partial charge in [0.2, 0.25) is 0 Å². The number of sulfone groups is 1. The third kappa shape index (κ3) is 4.77. The van der Waals surface area contributed by atoms with Crippen LogP contribution in [0.25, 0.3) is 0 Å². The van der Waals surface area contributed by atoms with Crippen LogP contribution in [0.4, 0.5) is 0 Å². The van der Waals surface area contributed by atoms with Crippen LogP contribution < -0.4 is 0 Å². The van der Waals surface area contributed by atoms with Crippen molar-refractivity contribution in [2.45, 2.75) is 56.6 Å². The highest BCUT2D eigenvalue weighted by molar-refractivity contribution is 7.92. The number of benzene rings is 1. The van der Waals surface area contributed by atoms with Gasteiger partial charge >= 0.3 is 0 Å². The maximum atomic E-state index is 12.8. The van der Waals surface area contributed by atoms with Gasteiger partial charge in [-0.1, -0.05) is 37.5 Å². The number of Topliss-reactive ketones (excluding diaryl/α,β-unsaturated/α-hetero) is 1. The maximum Gasteiger partial charge on any atom is 0.182 e. The highest BCUT2D eigenvalue weighted by atomic mass is 32.2. The summed E-state index contributed by atoms with van der Waals surface area (Å²) in [7, 11) is -3.71. The average molecular weight is 324 g/mol. The van der Waals surface area contributed by atoms with Crippen LogP contribution in [0.3, 0.4) is 0 Å². The van der Waals surface area contributed by atoms with E-state index in [2.05, 4.69) is 0 Å². The third-order valence-corrected chi connectivity index (χ3v) is 6.02. The molecular formula is C17H24O4S.